The van der Waals surface area contributed by atoms with Gasteiger partial charge in [-0.15, -0.1) is 0 Å². The molecule has 3 saturated carbocycles. The van der Waals surface area contributed by atoms with Crippen LogP contribution in [0.2, 0.25) is 0 Å². The molecule has 0 radical (unpaired) electrons. The lowest BCUT2D eigenvalue weighted by atomic mass is 10.0. The summed E-state index contributed by atoms with van der Waals surface area (Å²) in [4.78, 5) is 88.9. The number of alkyl halides is 6. The van der Waals surface area contributed by atoms with Gasteiger partial charge in [-0.2, -0.15) is 15.8 Å². The Hall–Kier alpha value is -13.2. The van der Waals surface area contributed by atoms with Crippen molar-refractivity contribution in [2.24, 2.45) is 17.8 Å². The van der Waals surface area contributed by atoms with Gasteiger partial charge < -0.3 is 70.4 Å². The number of aliphatic hydroxyl groups excluding tert-OH is 5. The van der Waals surface area contributed by atoms with Crippen LogP contribution in [0.25, 0.3) is 33.4 Å². The standard InChI is InChI=1S/2C30H28F2N4O5.C29H26F2N4O4/c2*31-30(32)17-36(29(40)25(38)16-37)10-8-27(30)41-26-7-6-19(11-21(26)14-33)18-3-1-5-22(12-18)35-28(39)24-13-23(24)20-4-2-9-34-15-20;30-29(31)17-35(27(37)16-36)10-8-26(29)39-25-7-6-19(11-21(25)14-32)18-3-1-5-22(12-18)34-28(38)24-13-23(24)20-4-2-9-33-15-20/h2*1-7,9,11-12,15,23-25,27,37-38H,8,10,13,16-17H2,(H,35,39);1-7,9,11-12,15,23-24,26,36H,8,10,13,16-17H2,(H,34,38)/t23-,24+,25+,27+;23-,24+,25-,27-;23-,24+,26+/m101/s1. The predicted octanol–water partition coefficient (Wildman–Crippen LogP) is 10.6. The average molecular weight is 1660 g/mol. The summed E-state index contributed by atoms with van der Waals surface area (Å²) in [5.41, 5.74) is 9.18. The summed E-state index contributed by atoms with van der Waals surface area (Å²) in [7, 11) is 0. The van der Waals surface area contributed by atoms with E-state index in [0.29, 0.717) is 44.9 Å². The zero-order chi connectivity index (χ0) is 85.9. The lowest BCUT2D eigenvalue weighted by Crippen LogP contribution is -2.57. The van der Waals surface area contributed by atoms with Crippen molar-refractivity contribution in [1.82, 2.24) is 29.7 Å². The zero-order valence-electron chi connectivity index (χ0n) is 64.7. The highest BCUT2D eigenvalue weighted by Gasteiger charge is 2.52. The number of hydrogen-bond acceptors (Lipinski definition) is 20. The minimum Gasteiger partial charge on any atom is -0.483 e. The Morgan fingerprint density at radius 1 is 0.421 bits per heavy atom. The number of anilines is 3. The van der Waals surface area contributed by atoms with E-state index in [9.17, 15) is 81.1 Å². The molecule has 6 aromatic carbocycles. The Balaban J connectivity index is 0.000000157. The predicted molar refractivity (Wildman–Crippen MR) is 426 cm³/mol. The van der Waals surface area contributed by atoms with Crippen molar-refractivity contribution >= 4 is 52.5 Å². The third-order valence-corrected chi connectivity index (χ3v) is 21.8. The topological polar surface area (TPSA) is 387 Å². The maximum absolute atomic E-state index is 14.9. The number of nitriles is 3. The summed E-state index contributed by atoms with van der Waals surface area (Å²) in [6.07, 6.45) is 3.86. The molecular formula is C89H82F6N12O14. The first kappa shape index (κ1) is 85.7. The van der Waals surface area contributed by atoms with E-state index >= 15 is 0 Å². The number of pyridine rings is 3. The fourth-order valence-electron chi connectivity index (χ4n) is 15.0. The summed E-state index contributed by atoms with van der Waals surface area (Å²) in [6.45, 7) is -5.55. The number of benzene rings is 6. The summed E-state index contributed by atoms with van der Waals surface area (Å²) in [5, 5.41) is 83.9. The monoisotopic (exact) mass is 1660 g/mol. The largest absolute Gasteiger partial charge is 0.483 e. The van der Waals surface area contributed by atoms with Gasteiger partial charge in [-0.1, -0.05) is 72.8 Å². The molecule has 121 heavy (non-hydrogen) atoms. The summed E-state index contributed by atoms with van der Waals surface area (Å²) in [6, 6.07) is 52.8. The second-order valence-electron chi connectivity index (χ2n) is 30.2. The number of halogens is 6. The summed E-state index contributed by atoms with van der Waals surface area (Å²) in [5.74, 6) is -13.2. The molecule has 15 rings (SSSR count). The molecule has 6 fully saturated rings. The van der Waals surface area contributed by atoms with E-state index in [1.165, 1.54) is 30.3 Å². The van der Waals surface area contributed by atoms with Crippen LogP contribution in [0.4, 0.5) is 43.4 Å². The highest BCUT2D eigenvalue weighted by atomic mass is 19.3. The van der Waals surface area contributed by atoms with E-state index < -0.39 is 105 Å². The third kappa shape index (κ3) is 20.8. The smallest absolute Gasteiger partial charge is 0.301 e. The number of likely N-dealkylation sites (tertiary alicyclic amines) is 3. The number of amides is 6. The number of rotatable bonds is 23. The molecule has 3 saturated heterocycles. The number of hydrogen-bond donors (Lipinski definition) is 8. The van der Waals surface area contributed by atoms with Crippen molar-refractivity contribution in [3.8, 4) is 68.8 Å². The molecule has 26 nitrogen and oxygen atoms in total. The molecular weight excluding hydrogens is 1580 g/mol. The van der Waals surface area contributed by atoms with E-state index in [1.54, 1.807) is 116 Å². The van der Waals surface area contributed by atoms with Gasteiger partial charge in [0.05, 0.1) is 49.5 Å². The number of nitrogens with one attached hydrogen (secondary N) is 3. The van der Waals surface area contributed by atoms with Gasteiger partial charge in [-0.25, -0.2) is 26.3 Å². The fraction of sp³-hybridized carbons (Fsp3) is 0.326. The van der Waals surface area contributed by atoms with Crippen LogP contribution in [0.15, 0.2) is 201 Å². The Morgan fingerprint density at radius 2 is 0.719 bits per heavy atom. The number of carbonyl (C=O) groups excluding carboxylic acids is 6. The number of ether oxygens (including phenoxy) is 3. The van der Waals surface area contributed by atoms with Crippen LogP contribution in [0.5, 0.6) is 17.2 Å². The van der Waals surface area contributed by atoms with E-state index in [2.05, 4.69) is 30.9 Å². The van der Waals surface area contributed by atoms with Crippen LogP contribution in [-0.4, -0.2) is 198 Å². The molecule has 624 valence electrons. The van der Waals surface area contributed by atoms with Gasteiger partial charge >= 0.3 is 17.8 Å². The minimum atomic E-state index is -3.45. The van der Waals surface area contributed by atoms with Crippen LogP contribution in [-0.2, 0) is 28.8 Å². The number of aromatic nitrogens is 3. The highest BCUT2D eigenvalue weighted by Crippen LogP contribution is 2.51. The fourth-order valence-corrected chi connectivity index (χ4v) is 15.0. The average Bonchev–Trinajstić information content (AvgIpc) is 1.67. The Labute approximate surface area is 690 Å². The Morgan fingerprint density at radius 3 is 0.992 bits per heavy atom. The molecule has 9 aromatic rings. The lowest BCUT2D eigenvalue weighted by molar-refractivity contribution is -0.167. The molecule has 11 atom stereocenters. The van der Waals surface area contributed by atoms with Crippen LogP contribution >= 0.6 is 0 Å². The number of nitrogens with zero attached hydrogens (tertiary/aromatic N) is 9. The van der Waals surface area contributed by atoms with Crippen molar-refractivity contribution in [3.05, 3.63) is 234 Å². The number of piperidine rings is 3. The molecule has 32 heteroatoms. The number of carbonyl (C=O) groups is 6. The van der Waals surface area contributed by atoms with E-state index in [-0.39, 0.29) is 126 Å². The van der Waals surface area contributed by atoms with Gasteiger partial charge in [0.25, 0.3) is 11.8 Å². The van der Waals surface area contributed by atoms with Crippen LogP contribution in [0.3, 0.4) is 0 Å². The lowest BCUT2D eigenvalue weighted by Gasteiger charge is -2.38. The second kappa shape index (κ2) is 37.4. The molecule has 8 N–H and O–H groups in total. The van der Waals surface area contributed by atoms with Crippen molar-refractivity contribution < 1.29 is 94.9 Å². The molecule has 6 amide bonds. The van der Waals surface area contributed by atoms with Gasteiger partial charge in [0.1, 0.15) is 42.1 Å². The van der Waals surface area contributed by atoms with Crippen molar-refractivity contribution in [3.63, 3.8) is 0 Å². The summed E-state index contributed by atoms with van der Waals surface area (Å²) < 4.78 is 106. The molecule has 6 heterocycles. The third-order valence-electron chi connectivity index (χ3n) is 21.8. The molecule has 0 spiro atoms. The molecule has 3 aliphatic carbocycles. The number of aliphatic hydroxyl groups is 5. The first-order valence-corrected chi connectivity index (χ1v) is 38.9. The van der Waals surface area contributed by atoms with Crippen molar-refractivity contribution in [2.75, 3.05) is 75.0 Å². The second-order valence-corrected chi connectivity index (χ2v) is 30.2. The SMILES string of the molecule is N#Cc1cc(-c2cccc(NC(=O)[C@@H]3C[C@H]3c3cccnc3)c2)ccc1O[C@H]1CCN(C(=O)[C@@H](O)CO)CC1(F)F.N#Cc1cc(-c2cccc(NC(=O)[C@H]3C[C@@H]3c3cccnc3)c2)ccc1O[C@H]1CCN(C(=O)CO)CC1(F)F.N#Cc1cc(-c2cccc(NC(=O)[C@H]3C[C@@H]3c3cccnc3)c2)ccc1O[C@H]1CCN(C(=O)[C@@H](O)CO)CC1(F)F. The summed E-state index contributed by atoms with van der Waals surface area (Å²) >= 11 is 0. The maximum atomic E-state index is 14.9. The minimum absolute atomic E-state index is 0.0158. The van der Waals surface area contributed by atoms with E-state index in [0.717, 1.165) is 56.2 Å². The van der Waals surface area contributed by atoms with E-state index in [4.69, 9.17) is 29.5 Å². The first-order valence-electron chi connectivity index (χ1n) is 38.9. The van der Waals surface area contributed by atoms with E-state index in [1.807, 2.05) is 72.8 Å². The Kier molecular flexibility index (Phi) is 26.5. The van der Waals surface area contributed by atoms with Gasteiger partial charge in [0.15, 0.2) is 30.5 Å². The quantitative estimate of drug-likeness (QED) is 0.0276. The van der Waals surface area contributed by atoms with Crippen molar-refractivity contribution in [2.45, 2.75) is 105 Å². The van der Waals surface area contributed by atoms with Crippen molar-refractivity contribution in [1.29, 1.82) is 15.8 Å². The van der Waals surface area contributed by atoms with Gasteiger partial charge in [0, 0.05) is 111 Å². The molecule has 3 aromatic heterocycles. The zero-order valence-corrected chi connectivity index (χ0v) is 64.7. The molecule has 0 bridgehead atoms. The molecule has 3 aliphatic heterocycles. The van der Waals surface area contributed by atoms with Gasteiger partial charge in [-0.05, 0) is 178 Å². The Bertz CT molecular complexity index is 5210. The van der Waals surface area contributed by atoms with Gasteiger partial charge in [-0.3, -0.25) is 43.7 Å². The van der Waals surface area contributed by atoms with Gasteiger partial charge in [0.2, 0.25) is 23.6 Å². The van der Waals surface area contributed by atoms with Crippen LogP contribution in [0.1, 0.15) is 89.7 Å². The molecule has 6 aliphatic rings. The highest BCUT2D eigenvalue weighted by molar-refractivity contribution is 5.98. The van der Waals surface area contributed by atoms with Crippen LogP contribution in [0, 0.1) is 51.7 Å². The normalized spacial score (nSPS) is 21.7. The van der Waals surface area contributed by atoms with Crippen LogP contribution < -0.4 is 30.2 Å². The maximum Gasteiger partial charge on any atom is 0.301 e. The first-order chi connectivity index (χ1) is 58.2. The molecule has 0 unspecified atom stereocenters.